The van der Waals surface area contributed by atoms with Crippen molar-refractivity contribution in [2.75, 3.05) is 0 Å². The lowest BCUT2D eigenvalue weighted by Gasteiger charge is -2.28. The summed E-state index contributed by atoms with van der Waals surface area (Å²) in [5, 5.41) is 0. The SMILES string of the molecule is FC(F)(F)C(F)(c1ccncn1)C(F)(F)F. The van der Waals surface area contributed by atoms with Crippen molar-refractivity contribution in [2.24, 2.45) is 0 Å². The molecule has 0 saturated carbocycles. The van der Waals surface area contributed by atoms with Crippen molar-refractivity contribution in [3.63, 3.8) is 0 Å². The smallest absolute Gasteiger partial charge is 0.245 e. The minimum atomic E-state index is -6.14. The third-order valence-corrected chi connectivity index (χ3v) is 1.72. The van der Waals surface area contributed by atoms with E-state index in [2.05, 4.69) is 9.97 Å². The summed E-state index contributed by atoms with van der Waals surface area (Å²) in [6, 6.07) is 0.223. The number of nitrogens with zero attached hydrogens (tertiary/aromatic N) is 2. The summed E-state index contributed by atoms with van der Waals surface area (Å²) in [6.07, 6.45) is -11.3. The Morgan fingerprint density at radius 2 is 1.38 bits per heavy atom. The van der Waals surface area contributed by atoms with Gasteiger partial charge in [-0.1, -0.05) is 0 Å². The number of rotatable bonds is 1. The molecule has 0 aliphatic heterocycles. The third kappa shape index (κ3) is 1.81. The highest BCUT2D eigenvalue weighted by Gasteiger charge is 2.74. The first-order valence-corrected chi connectivity index (χ1v) is 3.69. The van der Waals surface area contributed by atoms with Crippen LogP contribution in [0.5, 0.6) is 0 Å². The van der Waals surface area contributed by atoms with Crippen LogP contribution in [0.2, 0.25) is 0 Å². The second kappa shape index (κ2) is 3.56. The predicted molar refractivity (Wildman–Crippen MR) is 36.9 cm³/mol. The molecule has 1 aromatic heterocycles. The van der Waals surface area contributed by atoms with Gasteiger partial charge in [0.15, 0.2) is 0 Å². The second-order valence-corrected chi connectivity index (χ2v) is 2.75. The van der Waals surface area contributed by atoms with E-state index in [-0.39, 0.29) is 6.07 Å². The van der Waals surface area contributed by atoms with Crippen LogP contribution in [0, 0.1) is 0 Å². The van der Waals surface area contributed by atoms with Crippen molar-refractivity contribution in [1.29, 1.82) is 0 Å². The maximum Gasteiger partial charge on any atom is 0.437 e. The Balaban J connectivity index is 3.39. The quantitative estimate of drug-likeness (QED) is 0.714. The first-order valence-electron chi connectivity index (χ1n) is 3.69. The zero-order valence-electron chi connectivity index (χ0n) is 7.27. The maximum absolute atomic E-state index is 13.2. The summed E-state index contributed by atoms with van der Waals surface area (Å²) in [6.45, 7) is 0. The standard InChI is InChI=1S/C7H3F7N2/c8-5(6(9,10)11,7(12,13)14)4-1-2-15-3-16-4/h1-3H. The fourth-order valence-electron chi connectivity index (χ4n) is 0.946. The molecule has 1 aromatic rings. The first kappa shape index (κ1) is 12.7. The van der Waals surface area contributed by atoms with Gasteiger partial charge in [-0.2, -0.15) is 26.3 Å². The van der Waals surface area contributed by atoms with Crippen LogP contribution in [-0.4, -0.2) is 22.3 Å². The van der Waals surface area contributed by atoms with E-state index >= 15 is 0 Å². The van der Waals surface area contributed by atoms with Crippen LogP contribution in [0.15, 0.2) is 18.6 Å². The van der Waals surface area contributed by atoms with Crippen molar-refractivity contribution in [1.82, 2.24) is 9.97 Å². The molecule has 1 heterocycles. The van der Waals surface area contributed by atoms with Gasteiger partial charge in [-0.3, -0.25) is 0 Å². The Bertz CT molecular complexity index is 341. The van der Waals surface area contributed by atoms with E-state index in [0.717, 1.165) is 0 Å². The summed E-state index contributed by atoms with van der Waals surface area (Å²) >= 11 is 0. The minimum absolute atomic E-state index is 0.223. The fraction of sp³-hybridized carbons (Fsp3) is 0.429. The molecule has 0 saturated heterocycles. The zero-order valence-corrected chi connectivity index (χ0v) is 7.27. The summed E-state index contributed by atoms with van der Waals surface area (Å²) in [4.78, 5) is 5.77. The summed E-state index contributed by atoms with van der Waals surface area (Å²) in [7, 11) is 0. The topological polar surface area (TPSA) is 25.8 Å². The molecule has 0 aliphatic carbocycles. The number of hydrogen-bond acceptors (Lipinski definition) is 2. The maximum atomic E-state index is 13.2. The van der Waals surface area contributed by atoms with Crippen LogP contribution in [-0.2, 0) is 5.67 Å². The molecule has 0 N–H and O–H groups in total. The van der Waals surface area contributed by atoms with Gasteiger partial charge in [0, 0.05) is 6.20 Å². The molecule has 0 radical (unpaired) electrons. The highest BCUT2D eigenvalue weighted by atomic mass is 19.4. The lowest BCUT2D eigenvalue weighted by Crippen LogP contribution is -2.50. The molecule has 1 rings (SSSR count). The molecule has 2 nitrogen and oxygen atoms in total. The molecular formula is C7H3F7N2. The highest BCUT2D eigenvalue weighted by Crippen LogP contribution is 2.52. The van der Waals surface area contributed by atoms with Gasteiger partial charge < -0.3 is 0 Å². The second-order valence-electron chi connectivity index (χ2n) is 2.75. The van der Waals surface area contributed by atoms with Crippen molar-refractivity contribution in [3.05, 3.63) is 24.3 Å². The van der Waals surface area contributed by atoms with Crippen LogP contribution >= 0.6 is 0 Å². The van der Waals surface area contributed by atoms with Crippen molar-refractivity contribution < 1.29 is 30.7 Å². The summed E-state index contributed by atoms with van der Waals surface area (Å²) < 4.78 is 86.0. The van der Waals surface area contributed by atoms with E-state index < -0.39 is 23.7 Å². The number of aromatic nitrogens is 2. The molecule has 0 aliphatic rings. The molecule has 0 unspecified atom stereocenters. The van der Waals surface area contributed by atoms with E-state index in [1.807, 2.05) is 0 Å². The highest BCUT2D eigenvalue weighted by molar-refractivity contribution is 5.16. The molecule has 0 atom stereocenters. The van der Waals surface area contributed by atoms with Crippen LogP contribution in [0.25, 0.3) is 0 Å². The predicted octanol–water partition coefficient (Wildman–Crippen LogP) is 2.77. The Hall–Kier alpha value is -1.41. The molecule has 0 amide bonds. The normalized spacial score (nSPS) is 13.9. The molecule has 0 bridgehead atoms. The van der Waals surface area contributed by atoms with Crippen LogP contribution < -0.4 is 0 Å². The summed E-state index contributed by atoms with van der Waals surface area (Å²) in [5.74, 6) is 0. The van der Waals surface area contributed by atoms with Gasteiger partial charge in [-0.05, 0) is 6.07 Å². The van der Waals surface area contributed by atoms with E-state index in [4.69, 9.17) is 0 Å². The first-order chi connectivity index (χ1) is 7.11. The molecule has 90 valence electrons. The zero-order chi connectivity index (χ0) is 12.6. The van der Waals surface area contributed by atoms with E-state index in [0.29, 0.717) is 12.5 Å². The minimum Gasteiger partial charge on any atom is -0.245 e. The largest absolute Gasteiger partial charge is 0.437 e. The number of alkyl halides is 7. The van der Waals surface area contributed by atoms with Gasteiger partial charge in [0.1, 0.15) is 6.33 Å². The van der Waals surface area contributed by atoms with E-state index in [1.165, 1.54) is 0 Å². The fourth-order valence-corrected chi connectivity index (χ4v) is 0.946. The van der Waals surface area contributed by atoms with Crippen molar-refractivity contribution in [3.8, 4) is 0 Å². The van der Waals surface area contributed by atoms with Crippen molar-refractivity contribution in [2.45, 2.75) is 18.0 Å². The van der Waals surface area contributed by atoms with Crippen LogP contribution in [0.3, 0.4) is 0 Å². The molecule has 0 fully saturated rings. The lowest BCUT2D eigenvalue weighted by molar-refractivity contribution is -0.350. The molecule has 0 spiro atoms. The molecular weight excluding hydrogens is 245 g/mol. The van der Waals surface area contributed by atoms with Gasteiger partial charge in [-0.15, -0.1) is 0 Å². The van der Waals surface area contributed by atoms with Crippen molar-refractivity contribution >= 4 is 0 Å². The number of hydrogen-bond donors (Lipinski definition) is 0. The van der Waals surface area contributed by atoms with Crippen LogP contribution in [0.1, 0.15) is 5.69 Å². The average molecular weight is 248 g/mol. The van der Waals surface area contributed by atoms with Gasteiger partial charge >= 0.3 is 18.0 Å². The van der Waals surface area contributed by atoms with Gasteiger partial charge in [0.25, 0.3) is 0 Å². The molecule has 16 heavy (non-hydrogen) atoms. The summed E-state index contributed by atoms with van der Waals surface area (Å²) in [5.41, 5.74) is -7.27. The number of halogens is 7. The van der Waals surface area contributed by atoms with E-state index in [1.54, 1.807) is 0 Å². The Kier molecular flexibility index (Phi) is 2.82. The molecule has 9 heteroatoms. The monoisotopic (exact) mass is 248 g/mol. The van der Waals surface area contributed by atoms with Gasteiger partial charge in [0.2, 0.25) is 0 Å². The van der Waals surface area contributed by atoms with Crippen LogP contribution in [0.4, 0.5) is 30.7 Å². The third-order valence-electron chi connectivity index (χ3n) is 1.72. The van der Waals surface area contributed by atoms with Gasteiger partial charge in [0.05, 0.1) is 5.69 Å². The van der Waals surface area contributed by atoms with E-state index in [9.17, 15) is 30.7 Å². The molecule has 0 aromatic carbocycles. The Labute approximate surface area is 84.1 Å². The van der Waals surface area contributed by atoms with Gasteiger partial charge in [-0.25, -0.2) is 14.4 Å². The Morgan fingerprint density at radius 1 is 0.875 bits per heavy atom. The lowest BCUT2D eigenvalue weighted by atomic mass is 10.0. The Morgan fingerprint density at radius 3 is 1.69 bits per heavy atom. The average Bonchev–Trinajstić information content (AvgIpc) is 2.14.